The van der Waals surface area contributed by atoms with Crippen molar-refractivity contribution in [3.05, 3.63) is 65.0 Å². The number of aryl methyl sites for hydroxylation is 1. The minimum Gasteiger partial charge on any atom is -0.492 e. The van der Waals surface area contributed by atoms with Crippen LogP contribution in [0.3, 0.4) is 0 Å². The van der Waals surface area contributed by atoms with Crippen molar-refractivity contribution in [2.75, 3.05) is 0 Å². The number of hydrogen-bond acceptors (Lipinski definition) is 3. The molecule has 0 unspecified atom stereocenters. The minimum atomic E-state index is -0.0924. The van der Waals surface area contributed by atoms with Crippen LogP contribution in [-0.2, 0) is 6.54 Å². The Hall–Kier alpha value is -3.08. The van der Waals surface area contributed by atoms with Gasteiger partial charge in [-0.3, -0.25) is 4.79 Å². The van der Waals surface area contributed by atoms with Gasteiger partial charge in [0.15, 0.2) is 5.82 Å². The molecule has 0 spiro atoms. The van der Waals surface area contributed by atoms with Crippen molar-refractivity contribution in [3.8, 4) is 17.3 Å². The zero-order valence-corrected chi connectivity index (χ0v) is 12.6. The van der Waals surface area contributed by atoms with E-state index in [-0.39, 0.29) is 11.4 Å². The Morgan fingerprint density at radius 3 is 2.35 bits per heavy atom. The predicted octanol–water partition coefficient (Wildman–Crippen LogP) is 3.04. The highest BCUT2D eigenvalue weighted by atomic mass is 16.3. The summed E-state index contributed by atoms with van der Waals surface area (Å²) in [5, 5.41) is 11.7. The molecule has 5 heteroatoms. The van der Waals surface area contributed by atoms with Crippen LogP contribution in [0.5, 0.6) is 5.88 Å². The highest BCUT2D eigenvalue weighted by molar-refractivity contribution is 5.98. The smallest absolute Gasteiger partial charge is 0.273 e. The fraction of sp³-hybridized carbons (Fsp3) is 0.111. The fourth-order valence-electron chi connectivity index (χ4n) is 3.04. The van der Waals surface area contributed by atoms with Crippen molar-refractivity contribution >= 4 is 16.3 Å². The van der Waals surface area contributed by atoms with Crippen molar-refractivity contribution in [2.45, 2.75) is 13.5 Å². The lowest BCUT2D eigenvalue weighted by Gasteiger charge is -2.12. The number of aromatic nitrogens is 3. The molecule has 2 aromatic heterocycles. The molecule has 0 bridgehead atoms. The first kappa shape index (κ1) is 13.6. The van der Waals surface area contributed by atoms with Crippen LogP contribution >= 0.6 is 0 Å². The van der Waals surface area contributed by atoms with Crippen LogP contribution < -0.4 is 5.56 Å². The van der Waals surface area contributed by atoms with Gasteiger partial charge in [0.25, 0.3) is 5.56 Å². The van der Waals surface area contributed by atoms with Gasteiger partial charge in [-0.2, -0.15) is 4.98 Å². The van der Waals surface area contributed by atoms with Crippen molar-refractivity contribution in [1.29, 1.82) is 0 Å². The average Bonchev–Trinajstić information content (AvgIpc) is 2.94. The van der Waals surface area contributed by atoms with Crippen LogP contribution in [0.2, 0.25) is 0 Å². The summed E-state index contributed by atoms with van der Waals surface area (Å²) in [7, 11) is 0. The molecule has 4 aromatic rings. The maximum absolute atomic E-state index is 12.8. The van der Waals surface area contributed by atoms with Crippen LogP contribution in [0, 0.1) is 0 Å². The van der Waals surface area contributed by atoms with E-state index in [1.807, 2.05) is 55.5 Å². The Morgan fingerprint density at radius 2 is 1.65 bits per heavy atom. The Morgan fingerprint density at radius 1 is 1.00 bits per heavy atom. The Kier molecular flexibility index (Phi) is 2.94. The van der Waals surface area contributed by atoms with Crippen LogP contribution in [0.15, 0.2) is 59.4 Å². The summed E-state index contributed by atoms with van der Waals surface area (Å²) in [4.78, 5) is 17.1. The lowest BCUT2D eigenvalue weighted by Crippen LogP contribution is -2.26. The van der Waals surface area contributed by atoms with E-state index >= 15 is 0 Å². The van der Waals surface area contributed by atoms with Crippen LogP contribution in [0.25, 0.3) is 27.7 Å². The molecule has 0 aliphatic rings. The molecule has 2 aromatic carbocycles. The summed E-state index contributed by atoms with van der Waals surface area (Å²) in [5.41, 5.74) is 1.31. The van der Waals surface area contributed by atoms with Gasteiger partial charge in [0, 0.05) is 17.5 Å². The first-order valence-corrected chi connectivity index (χ1v) is 7.51. The van der Waals surface area contributed by atoms with Gasteiger partial charge in [0.1, 0.15) is 5.52 Å². The van der Waals surface area contributed by atoms with Crippen molar-refractivity contribution in [2.24, 2.45) is 0 Å². The Labute approximate surface area is 132 Å². The van der Waals surface area contributed by atoms with Gasteiger partial charge >= 0.3 is 0 Å². The van der Waals surface area contributed by atoms with E-state index in [2.05, 4.69) is 4.98 Å². The van der Waals surface area contributed by atoms with E-state index in [0.29, 0.717) is 28.7 Å². The van der Waals surface area contributed by atoms with E-state index in [1.54, 1.807) is 15.3 Å². The van der Waals surface area contributed by atoms with E-state index in [9.17, 15) is 9.90 Å². The molecule has 0 amide bonds. The number of fused-ring (bicyclic) bond motifs is 3. The molecule has 0 saturated carbocycles. The summed E-state index contributed by atoms with van der Waals surface area (Å²) in [6.45, 7) is 2.39. The summed E-state index contributed by atoms with van der Waals surface area (Å²) >= 11 is 0. The molecule has 0 fully saturated rings. The van der Waals surface area contributed by atoms with Gasteiger partial charge in [0.05, 0.1) is 5.39 Å². The first-order chi connectivity index (χ1) is 11.2. The monoisotopic (exact) mass is 305 g/mol. The van der Waals surface area contributed by atoms with Gasteiger partial charge in [-0.15, -0.1) is 0 Å². The van der Waals surface area contributed by atoms with E-state index in [4.69, 9.17) is 0 Å². The molecule has 5 nitrogen and oxygen atoms in total. The molecule has 4 rings (SSSR count). The summed E-state index contributed by atoms with van der Waals surface area (Å²) in [6, 6.07) is 16.8. The molecule has 0 aliphatic carbocycles. The number of imidazole rings is 1. The zero-order chi connectivity index (χ0) is 16.0. The third kappa shape index (κ3) is 1.86. The Bertz CT molecular complexity index is 1080. The topological polar surface area (TPSA) is 59.5 Å². The number of benzene rings is 2. The minimum absolute atomic E-state index is 0.0674. The lowest BCUT2D eigenvalue weighted by molar-refractivity contribution is 0.462. The summed E-state index contributed by atoms with van der Waals surface area (Å²) in [5.74, 6) is 0.491. The van der Waals surface area contributed by atoms with Gasteiger partial charge in [0.2, 0.25) is 5.88 Å². The first-order valence-electron chi connectivity index (χ1n) is 7.51. The van der Waals surface area contributed by atoms with Crippen LogP contribution in [0.4, 0.5) is 0 Å². The molecule has 0 radical (unpaired) electrons. The highest BCUT2D eigenvalue weighted by Crippen LogP contribution is 2.30. The molecule has 1 N–H and O–H groups in total. The summed E-state index contributed by atoms with van der Waals surface area (Å²) in [6.07, 6.45) is 0. The molecule has 2 heterocycles. The number of hydrogen-bond donors (Lipinski definition) is 1. The van der Waals surface area contributed by atoms with E-state index in [1.165, 1.54) is 0 Å². The molecule has 0 aliphatic heterocycles. The zero-order valence-electron chi connectivity index (χ0n) is 12.6. The largest absolute Gasteiger partial charge is 0.492 e. The maximum atomic E-state index is 12.8. The molecule has 0 saturated heterocycles. The van der Waals surface area contributed by atoms with Crippen molar-refractivity contribution in [1.82, 2.24) is 14.2 Å². The molecule has 23 heavy (non-hydrogen) atoms. The fourth-order valence-corrected chi connectivity index (χ4v) is 3.04. The number of nitrogens with zero attached hydrogens (tertiary/aromatic N) is 3. The normalized spacial score (nSPS) is 11.3. The standard InChI is InChI=1S/C18H15N3O2/c1-2-20-18(23)14-11-7-6-10-13(14)15-17(22)19-16(21(15)20)12-8-4-3-5-9-12/h3-11,22H,2H2,1H3. The van der Waals surface area contributed by atoms with Crippen molar-refractivity contribution in [3.63, 3.8) is 0 Å². The number of aromatic hydroxyl groups is 1. The second-order valence-electron chi connectivity index (χ2n) is 5.35. The van der Waals surface area contributed by atoms with E-state index in [0.717, 1.165) is 5.56 Å². The average molecular weight is 305 g/mol. The second-order valence-corrected chi connectivity index (χ2v) is 5.35. The Balaban J connectivity index is 2.27. The molecular formula is C18H15N3O2. The van der Waals surface area contributed by atoms with Crippen LogP contribution in [0.1, 0.15) is 6.92 Å². The summed E-state index contributed by atoms with van der Waals surface area (Å²) < 4.78 is 3.32. The number of rotatable bonds is 2. The van der Waals surface area contributed by atoms with Gasteiger partial charge in [-0.05, 0) is 13.0 Å². The van der Waals surface area contributed by atoms with Crippen molar-refractivity contribution < 1.29 is 5.11 Å². The van der Waals surface area contributed by atoms with Crippen LogP contribution in [-0.4, -0.2) is 19.3 Å². The quantitative estimate of drug-likeness (QED) is 0.619. The van der Waals surface area contributed by atoms with Gasteiger partial charge in [-0.25, -0.2) is 9.20 Å². The highest BCUT2D eigenvalue weighted by Gasteiger charge is 2.19. The molecule has 0 atom stereocenters. The SMILES string of the molecule is CCn1c(=O)c2ccccc2c2c(O)nc(-c3ccccc3)n21. The predicted molar refractivity (Wildman–Crippen MR) is 89.7 cm³/mol. The van der Waals surface area contributed by atoms with Gasteiger partial charge in [-0.1, -0.05) is 48.5 Å². The maximum Gasteiger partial charge on any atom is 0.273 e. The van der Waals surface area contributed by atoms with Gasteiger partial charge < -0.3 is 5.11 Å². The second kappa shape index (κ2) is 4.98. The lowest BCUT2D eigenvalue weighted by atomic mass is 10.1. The van der Waals surface area contributed by atoms with E-state index < -0.39 is 0 Å². The molecule has 114 valence electrons. The third-order valence-electron chi connectivity index (χ3n) is 4.06. The molecular weight excluding hydrogens is 290 g/mol. The third-order valence-corrected chi connectivity index (χ3v) is 4.06.